The zero-order valence-electron chi connectivity index (χ0n) is 16.3. The summed E-state index contributed by atoms with van der Waals surface area (Å²) >= 11 is 12.2. The van der Waals surface area contributed by atoms with E-state index in [1.165, 1.54) is 12.8 Å². The van der Waals surface area contributed by atoms with Crippen molar-refractivity contribution in [2.75, 3.05) is 50.5 Å². The Morgan fingerprint density at radius 1 is 1.10 bits per heavy atom. The molecule has 2 aromatic rings. The van der Waals surface area contributed by atoms with Crippen LogP contribution in [-0.2, 0) is 4.79 Å². The van der Waals surface area contributed by atoms with Crippen LogP contribution in [0, 0.1) is 0 Å². The molecule has 0 saturated carbocycles. The van der Waals surface area contributed by atoms with Gasteiger partial charge in [-0.2, -0.15) is 0 Å². The van der Waals surface area contributed by atoms with Crippen molar-refractivity contribution in [1.82, 2.24) is 4.90 Å². The fourth-order valence-corrected chi connectivity index (χ4v) is 3.51. The van der Waals surface area contributed by atoms with Crippen molar-refractivity contribution in [3.63, 3.8) is 0 Å². The van der Waals surface area contributed by atoms with Crippen LogP contribution in [-0.4, -0.2) is 50.7 Å². The lowest BCUT2D eigenvalue weighted by atomic mass is 10.2. The van der Waals surface area contributed by atoms with Crippen molar-refractivity contribution in [2.45, 2.75) is 12.8 Å². The molecule has 156 valence electrons. The Morgan fingerprint density at radius 3 is 2.52 bits per heavy atom. The second kappa shape index (κ2) is 10.6. The number of benzene rings is 2. The molecule has 8 heteroatoms. The molecule has 1 aliphatic heterocycles. The van der Waals surface area contributed by atoms with E-state index in [0.717, 1.165) is 31.9 Å². The minimum atomic E-state index is -0.321. The first-order valence-corrected chi connectivity index (χ1v) is 10.3. The number of anilines is 2. The van der Waals surface area contributed by atoms with E-state index in [1.54, 1.807) is 43.5 Å². The van der Waals surface area contributed by atoms with E-state index in [-0.39, 0.29) is 12.5 Å². The average Bonchev–Trinajstić information content (AvgIpc) is 3.23. The lowest BCUT2D eigenvalue weighted by Crippen LogP contribution is -2.26. The summed E-state index contributed by atoms with van der Waals surface area (Å²) in [5.41, 5.74) is 1.27. The molecule has 0 radical (unpaired) electrons. The molecule has 1 fully saturated rings. The van der Waals surface area contributed by atoms with Crippen LogP contribution in [0.5, 0.6) is 11.5 Å². The van der Waals surface area contributed by atoms with Crippen LogP contribution < -0.4 is 20.1 Å². The van der Waals surface area contributed by atoms with Crippen LogP contribution in [0.4, 0.5) is 11.4 Å². The quantitative estimate of drug-likeness (QED) is 0.603. The maximum atomic E-state index is 12.2. The number of methoxy groups -OCH3 is 1. The van der Waals surface area contributed by atoms with Gasteiger partial charge in [0.15, 0.2) is 6.61 Å². The van der Waals surface area contributed by atoms with Crippen molar-refractivity contribution in [2.24, 2.45) is 0 Å². The van der Waals surface area contributed by atoms with E-state index in [0.29, 0.717) is 27.2 Å². The molecule has 2 N–H and O–H groups in total. The number of hydrogen-bond donors (Lipinski definition) is 2. The number of amides is 1. The van der Waals surface area contributed by atoms with Gasteiger partial charge in [0.25, 0.3) is 5.91 Å². The highest BCUT2D eigenvalue weighted by Crippen LogP contribution is 2.34. The van der Waals surface area contributed by atoms with E-state index in [4.69, 9.17) is 32.7 Å². The highest BCUT2D eigenvalue weighted by atomic mass is 35.5. The van der Waals surface area contributed by atoms with Crippen molar-refractivity contribution in [3.05, 3.63) is 46.4 Å². The van der Waals surface area contributed by atoms with Gasteiger partial charge in [0.2, 0.25) is 0 Å². The second-order valence-electron chi connectivity index (χ2n) is 6.80. The second-order valence-corrected chi connectivity index (χ2v) is 7.64. The zero-order chi connectivity index (χ0) is 20.6. The highest BCUT2D eigenvalue weighted by molar-refractivity contribution is 6.34. The van der Waals surface area contributed by atoms with Crippen LogP contribution in [0.3, 0.4) is 0 Å². The number of carbonyl (C=O) groups excluding carboxylic acids is 1. The maximum absolute atomic E-state index is 12.2. The Kier molecular flexibility index (Phi) is 7.86. The van der Waals surface area contributed by atoms with Gasteiger partial charge < -0.3 is 25.0 Å². The first-order chi connectivity index (χ1) is 14.0. The van der Waals surface area contributed by atoms with Crippen LogP contribution in [0.2, 0.25) is 10.0 Å². The molecular formula is C21H25Cl2N3O3. The third kappa shape index (κ3) is 6.42. The number of nitrogens with one attached hydrogen (secondary N) is 2. The van der Waals surface area contributed by atoms with Crippen molar-refractivity contribution in [1.29, 1.82) is 0 Å². The predicted molar refractivity (Wildman–Crippen MR) is 118 cm³/mol. The van der Waals surface area contributed by atoms with Gasteiger partial charge in [-0.05, 0) is 56.3 Å². The van der Waals surface area contributed by atoms with Gasteiger partial charge in [0.05, 0.1) is 23.5 Å². The van der Waals surface area contributed by atoms with E-state index < -0.39 is 0 Å². The third-order valence-electron chi connectivity index (χ3n) is 4.69. The molecule has 6 nitrogen and oxygen atoms in total. The zero-order valence-corrected chi connectivity index (χ0v) is 17.9. The molecule has 0 aliphatic carbocycles. The standard InChI is InChI=1S/C21H25Cl2N3O3/c1-28-20-13-18(25-21(27)14-29-16-6-4-15(22)5-7-16)17(23)12-19(20)24-8-11-26-9-2-3-10-26/h4-7,12-13,24H,2-3,8-11,14H2,1H3,(H,25,27). The summed E-state index contributed by atoms with van der Waals surface area (Å²) in [5, 5.41) is 7.15. The average molecular weight is 438 g/mol. The molecule has 0 aromatic heterocycles. The van der Waals surface area contributed by atoms with Gasteiger partial charge in [0, 0.05) is 24.2 Å². The van der Waals surface area contributed by atoms with Crippen LogP contribution >= 0.6 is 23.2 Å². The van der Waals surface area contributed by atoms with E-state index in [2.05, 4.69) is 15.5 Å². The van der Waals surface area contributed by atoms with Crippen molar-refractivity contribution >= 4 is 40.5 Å². The van der Waals surface area contributed by atoms with Gasteiger partial charge in [-0.15, -0.1) is 0 Å². The maximum Gasteiger partial charge on any atom is 0.262 e. The molecule has 2 aromatic carbocycles. The monoisotopic (exact) mass is 437 g/mol. The molecule has 0 spiro atoms. The molecule has 0 bridgehead atoms. The Morgan fingerprint density at radius 2 is 1.83 bits per heavy atom. The fourth-order valence-electron chi connectivity index (χ4n) is 3.18. The predicted octanol–water partition coefficient (Wildman–Crippen LogP) is 4.53. The highest BCUT2D eigenvalue weighted by Gasteiger charge is 2.14. The smallest absolute Gasteiger partial charge is 0.262 e. The summed E-state index contributed by atoms with van der Waals surface area (Å²) in [6.07, 6.45) is 2.54. The minimum absolute atomic E-state index is 0.143. The molecule has 1 aliphatic rings. The lowest BCUT2D eigenvalue weighted by Gasteiger charge is -2.18. The van der Waals surface area contributed by atoms with Crippen LogP contribution in [0.1, 0.15) is 12.8 Å². The van der Waals surface area contributed by atoms with E-state index in [1.807, 2.05) is 0 Å². The number of rotatable bonds is 9. The molecule has 0 unspecified atom stereocenters. The van der Waals surface area contributed by atoms with Crippen molar-refractivity contribution < 1.29 is 14.3 Å². The summed E-state index contributed by atoms with van der Waals surface area (Å²) in [4.78, 5) is 14.7. The van der Waals surface area contributed by atoms with Gasteiger partial charge >= 0.3 is 0 Å². The third-order valence-corrected chi connectivity index (χ3v) is 5.25. The van der Waals surface area contributed by atoms with E-state index in [9.17, 15) is 4.79 Å². The van der Waals surface area contributed by atoms with Gasteiger partial charge in [-0.1, -0.05) is 23.2 Å². The Balaban J connectivity index is 1.55. The van der Waals surface area contributed by atoms with E-state index >= 15 is 0 Å². The van der Waals surface area contributed by atoms with Gasteiger partial charge in [-0.3, -0.25) is 4.79 Å². The molecule has 1 heterocycles. The fraction of sp³-hybridized carbons (Fsp3) is 0.381. The largest absolute Gasteiger partial charge is 0.495 e. The number of hydrogen-bond acceptors (Lipinski definition) is 5. The summed E-state index contributed by atoms with van der Waals surface area (Å²) in [7, 11) is 1.59. The van der Waals surface area contributed by atoms with Crippen molar-refractivity contribution in [3.8, 4) is 11.5 Å². The normalized spacial score (nSPS) is 13.9. The number of nitrogens with zero attached hydrogens (tertiary/aromatic N) is 1. The summed E-state index contributed by atoms with van der Waals surface area (Å²) in [5.74, 6) is 0.856. The Bertz CT molecular complexity index is 825. The van der Waals surface area contributed by atoms with Gasteiger partial charge in [0.1, 0.15) is 11.5 Å². The number of carbonyl (C=O) groups is 1. The summed E-state index contributed by atoms with van der Waals surface area (Å²) < 4.78 is 10.9. The van der Waals surface area contributed by atoms with Crippen LogP contribution in [0.25, 0.3) is 0 Å². The number of likely N-dealkylation sites (tertiary alicyclic amines) is 1. The number of halogens is 2. The topological polar surface area (TPSA) is 62.8 Å². The van der Waals surface area contributed by atoms with Gasteiger partial charge in [-0.25, -0.2) is 0 Å². The minimum Gasteiger partial charge on any atom is -0.495 e. The first-order valence-electron chi connectivity index (χ1n) is 9.57. The Hall–Kier alpha value is -2.15. The summed E-state index contributed by atoms with van der Waals surface area (Å²) in [6, 6.07) is 10.3. The molecule has 0 atom stereocenters. The summed E-state index contributed by atoms with van der Waals surface area (Å²) in [6.45, 7) is 3.94. The molecule has 29 heavy (non-hydrogen) atoms. The first kappa shape index (κ1) is 21.6. The molecule has 3 rings (SSSR count). The Labute approximate surface area is 181 Å². The SMILES string of the molecule is COc1cc(NC(=O)COc2ccc(Cl)cc2)c(Cl)cc1NCCN1CCCC1. The molecular weight excluding hydrogens is 413 g/mol. The molecule has 1 saturated heterocycles. The number of ether oxygens (including phenoxy) is 2. The van der Waals surface area contributed by atoms with Crippen LogP contribution in [0.15, 0.2) is 36.4 Å². The lowest BCUT2D eigenvalue weighted by molar-refractivity contribution is -0.118. The molecule has 1 amide bonds.